The fraction of sp³-hybridized carbons (Fsp3) is 0.846. The average Bonchev–Trinajstić information content (AvgIpc) is 2.40. The highest BCUT2D eigenvalue weighted by atomic mass is 16.6. The third-order valence-electron chi connectivity index (χ3n) is 3.16. The highest BCUT2D eigenvalue weighted by Crippen LogP contribution is 2.27. The lowest BCUT2D eigenvalue weighted by atomic mass is 9.84. The predicted octanol–water partition coefficient (Wildman–Crippen LogP) is 2.29. The van der Waals surface area contributed by atoms with Crippen LogP contribution in [0.15, 0.2) is 0 Å². The summed E-state index contributed by atoms with van der Waals surface area (Å²) in [6, 6.07) is 0. The SMILES string of the molecule is CCNC(=O)OCC(CC)(CC)COC(=O)NCC. The Hall–Kier alpha value is -1.46. The molecule has 0 atom stereocenters. The van der Waals surface area contributed by atoms with Gasteiger partial charge in [0.25, 0.3) is 0 Å². The van der Waals surface area contributed by atoms with Crippen molar-refractivity contribution in [1.82, 2.24) is 10.6 Å². The average molecular weight is 274 g/mol. The Balaban J connectivity index is 4.32. The van der Waals surface area contributed by atoms with E-state index in [1.54, 1.807) is 0 Å². The zero-order valence-electron chi connectivity index (χ0n) is 12.4. The van der Waals surface area contributed by atoms with Crippen molar-refractivity contribution in [3.63, 3.8) is 0 Å². The fourth-order valence-electron chi connectivity index (χ4n) is 1.53. The number of alkyl carbamates (subject to hydrolysis) is 2. The molecule has 0 heterocycles. The molecule has 0 saturated heterocycles. The number of hydrogen-bond donors (Lipinski definition) is 2. The van der Waals surface area contributed by atoms with Gasteiger partial charge in [-0.3, -0.25) is 0 Å². The molecule has 0 aromatic rings. The zero-order valence-corrected chi connectivity index (χ0v) is 12.4. The molecule has 6 nitrogen and oxygen atoms in total. The number of carbonyl (C=O) groups is 2. The molecule has 0 aliphatic rings. The van der Waals surface area contributed by atoms with Crippen LogP contribution in [0.25, 0.3) is 0 Å². The topological polar surface area (TPSA) is 76.7 Å². The quantitative estimate of drug-likeness (QED) is 0.712. The summed E-state index contributed by atoms with van der Waals surface area (Å²) >= 11 is 0. The smallest absolute Gasteiger partial charge is 0.407 e. The van der Waals surface area contributed by atoms with Gasteiger partial charge in [-0.25, -0.2) is 9.59 Å². The lowest BCUT2D eigenvalue weighted by Gasteiger charge is -2.30. The van der Waals surface area contributed by atoms with Crippen molar-refractivity contribution in [2.24, 2.45) is 5.41 Å². The van der Waals surface area contributed by atoms with Crippen molar-refractivity contribution in [1.29, 1.82) is 0 Å². The minimum absolute atomic E-state index is 0.241. The number of rotatable bonds is 8. The van der Waals surface area contributed by atoms with Crippen LogP contribution in [-0.2, 0) is 9.47 Å². The first-order valence-corrected chi connectivity index (χ1v) is 6.84. The van der Waals surface area contributed by atoms with Crippen LogP contribution >= 0.6 is 0 Å². The molecule has 2 N–H and O–H groups in total. The number of carbonyl (C=O) groups excluding carboxylic acids is 2. The van der Waals surface area contributed by atoms with Gasteiger partial charge < -0.3 is 20.1 Å². The first-order valence-electron chi connectivity index (χ1n) is 6.84. The molecule has 0 spiro atoms. The third-order valence-corrected chi connectivity index (χ3v) is 3.16. The Bertz CT molecular complexity index is 254. The van der Waals surface area contributed by atoms with Crippen LogP contribution in [0.4, 0.5) is 9.59 Å². The largest absolute Gasteiger partial charge is 0.449 e. The van der Waals surface area contributed by atoms with Gasteiger partial charge in [-0.2, -0.15) is 0 Å². The van der Waals surface area contributed by atoms with Gasteiger partial charge >= 0.3 is 12.2 Å². The van der Waals surface area contributed by atoms with E-state index in [2.05, 4.69) is 10.6 Å². The zero-order chi connectivity index (χ0) is 14.7. The van der Waals surface area contributed by atoms with Gasteiger partial charge in [0.1, 0.15) is 13.2 Å². The first kappa shape index (κ1) is 17.5. The van der Waals surface area contributed by atoms with Crippen molar-refractivity contribution >= 4 is 12.2 Å². The summed E-state index contributed by atoms with van der Waals surface area (Å²) in [5.74, 6) is 0. The Labute approximate surface area is 115 Å². The summed E-state index contributed by atoms with van der Waals surface area (Å²) in [5, 5.41) is 5.14. The van der Waals surface area contributed by atoms with Crippen LogP contribution in [0.3, 0.4) is 0 Å². The number of ether oxygens (including phenoxy) is 2. The lowest BCUT2D eigenvalue weighted by Crippen LogP contribution is -2.37. The fourth-order valence-corrected chi connectivity index (χ4v) is 1.53. The minimum atomic E-state index is -0.438. The molecule has 0 fully saturated rings. The van der Waals surface area contributed by atoms with Crippen molar-refractivity contribution in [2.75, 3.05) is 26.3 Å². The van der Waals surface area contributed by atoms with Crippen LogP contribution in [0.2, 0.25) is 0 Å². The van der Waals surface area contributed by atoms with Crippen molar-refractivity contribution in [3.05, 3.63) is 0 Å². The van der Waals surface area contributed by atoms with E-state index in [4.69, 9.17) is 9.47 Å². The first-order chi connectivity index (χ1) is 9.03. The molecular weight excluding hydrogens is 248 g/mol. The maximum absolute atomic E-state index is 11.3. The van der Waals surface area contributed by atoms with Gasteiger partial charge in [0, 0.05) is 18.5 Å². The van der Waals surface area contributed by atoms with Crippen LogP contribution < -0.4 is 10.6 Å². The Morgan fingerprint density at radius 1 is 0.842 bits per heavy atom. The maximum Gasteiger partial charge on any atom is 0.407 e. The summed E-state index contributed by atoms with van der Waals surface area (Å²) in [7, 11) is 0. The molecule has 0 bridgehead atoms. The molecule has 0 unspecified atom stereocenters. The third kappa shape index (κ3) is 6.88. The van der Waals surface area contributed by atoms with Gasteiger partial charge in [0.15, 0.2) is 0 Å². The normalized spacial score (nSPS) is 10.7. The maximum atomic E-state index is 11.3. The second kappa shape index (κ2) is 9.47. The molecule has 0 aromatic carbocycles. The van der Waals surface area contributed by atoms with Crippen LogP contribution in [-0.4, -0.2) is 38.5 Å². The van der Waals surface area contributed by atoms with Crippen LogP contribution in [0.5, 0.6) is 0 Å². The van der Waals surface area contributed by atoms with Gasteiger partial charge in [-0.1, -0.05) is 13.8 Å². The van der Waals surface area contributed by atoms with Crippen LogP contribution in [0, 0.1) is 5.41 Å². The van der Waals surface area contributed by atoms with E-state index in [0.29, 0.717) is 13.1 Å². The van der Waals surface area contributed by atoms with E-state index >= 15 is 0 Å². The summed E-state index contributed by atoms with van der Waals surface area (Å²) < 4.78 is 10.3. The molecule has 19 heavy (non-hydrogen) atoms. The summed E-state index contributed by atoms with van der Waals surface area (Å²) in [4.78, 5) is 22.6. The molecule has 0 rings (SSSR count). The van der Waals surface area contributed by atoms with E-state index in [9.17, 15) is 9.59 Å². The molecule has 2 amide bonds. The highest BCUT2D eigenvalue weighted by molar-refractivity contribution is 5.67. The van der Waals surface area contributed by atoms with Crippen molar-refractivity contribution in [2.45, 2.75) is 40.5 Å². The number of nitrogens with one attached hydrogen (secondary N) is 2. The number of amides is 2. The van der Waals surface area contributed by atoms with Crippen molar-refractivity contribution in [3.8, 4) is 0 Å². The Morgan fingerprint density at radius 2 is 1.21 bits per heavy atom. The molecule has 112 valence electrons. The van der Waals surface area contributed by atoms with Gasteiger partial charge in [-0.15, -0.1) is 0 Å². The minimum Gasteiger partial charge on any atom is -0.449 e. The standard InChI is InChI=1S/C13H26N2O4/c1-5-13(6-2,9-18-11(16)14-7-3)10-19-12(17)15-8-4/h5-10H2,1-4H3,(H,14,16)(H,15,17). The van der Waals surface area contributed by atoms with E-state index in [0.717, 1.165) is 12.8 Å². The summed E-state index contributed by atoms with van der Waals surface area (Å²) in [6.45, 7) is 9.17. The van der Waals surface area contributed by atoms with E-state index in [1.165, 1.54) is 0 Å². The second-order valence-electron chi connectivity index (χ2n) is 4.42. The monoisotopic (exact) mass is 274 g/mol. The molecule has 0 radical (unpaired) electrons. The molecule has 6 heteroatoms. The number of hydrogen-bond acceptors (Lipinski definition) is 4. The van der Waals surface area contributed by atoms with E-state index in [1.807, 2.05) is 27.7 Å². The predicted molar refractivity (Wildman–Crippen MR) is 73.1 cm³/mol. The molecule has 0 aliphatic carbocycles. The molecule has 0 aliphatic heterocycles. The van der Waals surface area contributed by atoms with E-state index in [-0.39, 0.29) is 18.6 Å². The lowest BCUT2D eigenvalue weighted by molar-refractivity contribution is 0.0213. The molecule has 0 aromatic heterocycles. The van der Waals surface area contributed by atoms with Crippen LogP contribution in [0.1, 0.15) is 40.5 Å². The van der Waals surface area contributed by atoms with Gasteiger partial charge in [0.05, 0.1) is 0 Å². The second-order valence-corrected chi connectivity index (χ2v) is 4.42. The molecule has 0 saturated carbocycles. The summed E-state index contributed by atoms with van der Waals surface area (Å²) in [5.41, 5.74) is -0.323. The van der Waals surface area contributed by atoms with Gasteiger partial charge in [0.2, 0.25) is 0 Å². The van der Waals surface area contributed by atoms with Gasteiger partial charge in [-0.05, 0) is 26.7 Å². The highest BCUT2D eigenvalue weighted by Gasteiger charge is 2.30. The molecular formula is C13H26N2O4. The summed E-state index contributed by atoms with van der Waals surface area (Å²) in [6.07, 6.45) is 0.656. The Morgan fingerprint density at radius 3 is 1.47 bits per heavy atom. The van der Waals surface area contributed by atoms with E-state index < -0.39 is 12.2 Å². The Kier molecular flexibility index (Phi) is 8.74. The van der Waals surface area contributed by atoms with Crippen molar-refractivity contribution < 1.29 is 19.1 Å².